The zero-order valence-corrected chi connectivity index (χ0v) is 17.9. The van der Waals surface area contributed by atoms with Crippen molar-refractivity contribution in [2.75, 3.05) is 7.05 Å². The molecule has 0 aliphatic rings. The monoisotopic (exact) mass is 425 g/mol. The van der Waals surface area contributed by atoms with E-state index < -0.39 is 4.92 Å². The Labute approximate surface area is 179 Å². The van der Waals surface area contributed by atoms with Crippen molar-refractivity contribution in [1.29, 1.82) is 0 Å². The molecule has 2 aromatic carbocycles. The molecule has 8 heteroatoms. The van der Waals surface area contributed by atoms with Crippen LogP contribution in [-0.4, -0.2) is 27.8 Å². The van der Waals surface area contributed by atoms with E-state index in [-0.39, 0.29) is 24.1 Å². The Morgan fingerprint density at radius 2 is 2.00 bits per heavy atom. The van der Waals surface area contributed by atoms with Gasteiger partial charge in [0.2, 0.25) is 5.91 Å². The molecule has 1 amide bonds. The molecule has 0 saturated carbocycles. The molecule has 3 aromatic rings. The molecule has 0 bridgehead atoms. The van der Waals surface area contributed by atoms with Crippen molar-refractivity contribution in [3.63, 3.8) is 0 Å². The number of carbonyl (C=O) groups is 1. The van der Waals surface area contributed by atoms with Gasteiger partial charge in [-0.05, 0) is 31.5 Å². The minimum atomic E-state index is -0.437. The smallest absolute Gasteiger partial charge is 0.269 e. The Hall–Kier alpha value is -3.26. The number of nitro groups is 1. The highest BCUT2D eigenvalue weighted by Gasteiger charge is 2.20. The Balaban J connectivity index is 1.58. The molecule has 156 valence electrons. The highest BCUT2D eigenvalue weighted by Crippen LogP contribution is 2.24. The zero-order chi connectivity index (χ0) is 21.7. The summed E-state index contributed by atoms with van der Waals surface area (Å²) >= 11 is 1.45. The van der Waals surface area contributed by atoms with Crippen LogP contribution >= 0.6 is 11.3 Å². The van der Waals surface area contributed by atoms with Gasteiger partial charge in [0.05, 0.1) is 23.1 Å². The first-order valence-corrected chi connectivity index (χ1v) is 10.3. The number of nitrogens with zero attached hydrogens (tertiary/aromatic N) is 3. The lowest BCUT2D eigenvalue weighted by Gasteiger charge is -2.25. The summed E-state index contributed by atoms with van der Waals surface area (Å²) in [5.41, 5.74) is 2.58. The molecule has 0 radical (unpaired) electrons. The fraction of sp³-hybridized carbons (Fsp3) is 0.273. The molecule has 0 aliphatic carbocycles. The SMILES string of the molecule is Cc1ccc(OCc2nc(CC(=O)N(C)C(C)c3cccc([N+](=O)[O-])c3)cs2)cc1. The Morgan fingerprint density at radius 1 is 1.27 bits per heavy atom. The molecule has 0 saturated heterocycles. The average molecular weight is 426 g/mol. The van der Waals surface area contributed by atoms with Crippen LogP contribution in [0.5, 0.6) is 5.75 Å². The Morgan fingerprint density at radius 3 is 2.70 bits per heavy atom. The number of thiazole rings is 1. The topological polar surface area (TPSA) is 85.6 Å². The maximum atomic E-state index is 12.7. The van der Waals surface area contributed by atoms with Gasteiger partial charge in [0.1, 0.15) is 17.4 Å². The summed E-state index contributed by atoms with van der Waals surface area (Å²) in [6, 6.07) is 13.9. The van der Waals surface area contributed by atoms with Gasteiger partial charge in [-0.2, -0.15) is 0 Å². The van der Waals surface area contributed by atoms with Crippen LogP contribution in [-0.2, 0) is 17.8 Å². The van der Waals surface area contributed by atoms with Crippen molar-refractivity contribution in [3.8, 4) is 5.75 Å². The molecular formula is C22H23N3O4S. The molecule has 1 unspecified atom stereocenters. The van der Waals surface area contributed by atoms with Crippen LogP contribution in [0.15, 0.2) is 53.9 Å². The van der Waals surface area contributed by atoms with E-state index in [4.69, 9.17) is 4.74 Å². The lowest BCUT2D eigenvalue weighted by molar-refractivity contribution is -0.384. The third-order valence-electron chi connectivity index (χ3n) is 4.85. The van der Waals surface area contributed by atoms with Gasteiger partial charge in [0.25, 0.3) is 5.69 Å². The quantitative estimate of drug-likeness (QED) is 0.386. The van der Waals surface area contributed by atoms with E-state index in [1.54, 1.807) is 24.1 Å². The van der Waals surface area contributed by atoms with Crippen molar-refractivity contribution in [2.24, 2.45) is 0 Å². The highest BCUT2D eigenvalue weighted by atomic mass is 32.1. The number of aryl methyl sites for hydroxylation is 1. The normalized spacial score (nSPS) is 11.7. The van der Waals surface area contributed by atoms with E-state index >= 15 is 0 Å². The summed E-state index contributed by atoms with van der Waals surface area (Å²) in [5.74, 6) is 0.671. The summed E-state index contributed by atoms with van der Waals surface area (Å²) < 4.78 is 5.74. The Kier molecular flexibility index (Phi) is 6.79. The van der Waals surface area contributed by atoms with E-state index in [1.165, 1.54) is 29.0 Å². The summed E-state index contributed by atoms with van der Waals surface area (Å²) in [4.78, 5) is 29.3. The molecule has 30 heavy (non-hydrogen) atoms. The molecule has 0 aliphatic heterocycles. The van der Waals surface area contributed by atoms with E-state index in [9.17, 15) is 14.9 Å². The van der Waals surface area contributed by atoms with Gasteiger partial charge in [-0.3, -0.25) is 14.9 Å². The van der Waals surface area contributed by atoms with Crippen LogP contribution in [0.25, 0.3) is 0 Å². The van der Waals surface area contributed by atoms with Gasteiger partial charge in [-0.15, -0.1) is 11.3 Å². The first kappa shape index (κ1) is 21.4. The molecule has 3 rings (SSSR count). The van der Waals surface area contributed by atoms with Crippen LogP contribution in [0.3, 0.4) is 0 Å². The van der Waals surface area contributed by atoms with Crippen molar-refractivity contribution in [2.45, 2.75) is 32.9 Å². The van der Waals surface area contributed by atoms with E-state index in [1.807, 2.05) is 43.5 Å². The molecule has 0 spiro atoms. The van der Waals surface area contributed by atoms with Gasteiger partial charge in [-0.1, -0.05) is 29.8 Å². The second kappa shape index (κ2) is 9.49. The van der Waals surface area contributed by atoms with Crippen LogP contribution in [0.1, 0.15) is 34.8 Å². The number of carbonyl (C=O) groups excluding carboxylic acids is 1. The first-order valence-electron chi connectivity index (χ1n) is 9.46. The largest absolute Gasteiger partial charge is 0.486 e. The van der Waals surface area contributed by atoms with Crippen molar-refractivity contribution >= 4 is 22.9 Å². The van der Waals surface area contributed by atoms with Crippen molar-refractivity contribution in [3.05, 3.63) is 85.9 Å². The van der Waals surface area contributed by atoms with Crippen molar-refractivity contribution < 1.29 is 14.5 Å². The number of ether oxygens (including phenoxy) is 1. The average Bonchev–Trinajstić information content (AvgIpc) is 3.19. The predicted molar refractivity (Wildman–Crippen MR) is 116 cm³/mol. The van der Waals surface area contributed by atoms with Gasteiger partial charge in [-0.25, -0.2) is 4.98 Å². The second-order valence-corrected chi connectivity index (χ2v) is 7.99. The molecule has 0 N–H and O–H groups in total. The molecule has 7 nitrogen and oxygen atoms in total. The lowest BCUT2D eigenvalue weighted by Crippen LogP contribution is -2.31. The van der Waals surface area contributed by atoms with Crippen LogP contribution in [0.2, 0.25) is 0 Å². The first-order chi connectivity index (χ1) is 14.3. The maximum Gasteiger partial charge on any atom is 0.269 e. The minimum absolute atomic E-state index is 0.0120. The number of hydrogen-bond acceptors (Lipinski definition) is 6. The van der Waals surface area contributed by atoms with Crippen LogP contribution in [0.4, 0.5) is 5.69 Å². The fourth-order valence-electron chi connectivity index (χ4n) is 2.89. The van der Waals surface area contributed by atoms with Crippen LogP contribution in [0, 0.1) is 17.0 Å². The number of hydrogen-bond donors (Lipinski definition) is 0. The van der Waals surface area contributed by atoms with Gasteiger partial charge in [0, 0.05) is 24.6 Å². The summed E-state index contributed by atoms with van der Waals surface area (Å²) in [5, 5.41) is 13.6. The zero-order valence-electron chi connectivity index (χ0n) is 17.1. The number of rotatable bonds is 8. The van der Waals surface area contributed by atoms with Crippen LogP contribution < -0.4 is 4.74 Å². The molecule has 1 heterocycles. The number of non-ortho nitro benzene ring substituents is 1. The predicted octanol–water partition coefficient (Wildman–Crippen LogP) is 4.70. The number of likely N-dealkylation sites (N-methyl/N-ethyl adjacent to an activating group) is 1. The maximum absolute atomic E-state index is 12.7. The number of aromatic nitrogens is 1. The summed E-state index contributed by atoms with van der Waals surface area (Å²) in [7, 11) is 1.69. The van der Waals surface area contributed by atoms with Crippen molar-refractivity contribution in [1.82, 2.24) is 9.88 Å². The highest BCUT2D eigenvalue weighted by molar-refractivity contribution is 7.09. The molecule has 1 atom stereocenters. The van der Waals surface area contributed by atoms with Gasteiger partial charge < -0.3 is 9.64 Å². The third kappa shape index (κ3) is 5.42. The van der Waals surface area contributed by atoms with E-state index in [2.05, 4.69) is 4.98 Å². The fourth-order valence-corrected chi connectivity index (χ4v) is 3.60. The summed E-state index contributed by atoms with van der Waals surface area (Å²) in [6.45, 7) is 4.21. The number of benzene rings is 2. The van der Waals surface area contributed by atoms with Gasteiger partial charge in [0.15, 0.2) is 0 Å². The Bertz CT molecular complexity index is 1030. The lowest BCUT2D eigenvalue weighted by atomic mass is 10.1. The minimum Gasteiger partial charge on any atom is -0.486 e. The van der Waals surface area contributed by atoms with E-state index in [0.717, 1.165) is 10.8 Å². The number of amides is 1. The van der Waals surface area contributed by atoms with Gasteiger partial charge >= 0.3 is 0 Å². The second-order valence-electron chi connectivity index (χ2n) is 7.04. The molecular weight excluding hydrogens is 402 g/mol. The third-order valence-corrected chi connectivity index (χ3v) is 5.72. The standard InChI is InChI=1S/C22H23N3O4S/c1-15-7-9-20(10-8-15)29-13-21-23-18(14-30-21)12-22(26)24(3)16(2)17-5-4-6-19(11-17)25(27)28/h4-11,14,16H,12-13H2,1-3H3. The van der Waals surface area contributed by atoms with E-state index in [0.29, 0.717) is 17.9 Å². The summed E-state index contributed by atoms with van der Waals surface area (Å²) in [6.07, 6.45) is 0.163. The molecule has 1 aromatic heterocycles. The molecule has 0 fully saturated rings. The number of nitro benzene ring substituents is 1.